The maximum absolute atomic E-state index is 11.4. The van der Waals surface area contributed by atoms with Crippen LogP contribution in [-0.4, -0.2) is 28.3 Å². The van der Waals surface area contributed by atoms with Crippen molar-refractivity contribution in [3.63, 3.8) is 0 Å². The van der Waals surface area contributed by atoms with Crippen molar-refractivity contribution < 1.29 is 13.9 Å². The molecule has 0 unspecified atom stereocenters. The maximum atomic E-state index is 11.4. The lowest BCUT2D eigenvalue weighted by Gasteiger charge is -2.30. The molecule has 0 bridgehead atoms. The minimum absolute atomic E-state index is 0.0331. The van der Waals surface area contributed by atoms with Crippen LogP contribution in [0.25, 0.3) is 10.9 Å². The third-order valence-corrected chi connectivity index (χ3v) is 5.80. The molecule has 2 saturated carbocycles. The molecule has 0 spiro atoms. The number of carbonyl (C=O) groups is 1. The number of ether oxygens (including phenoxy) is 1. The predicted molar refractivity (Wildman–Crippen MR) is 83.9 cm³/mol. The van der Waals surface area contributed by atoms with Crippen molar-refractivity contribution >= 4 is 17.3 Å². The molecule has 0 N–H and O–H groups in total. The summed E-state index contributed by atoms with van der Waals surface area (Å²) in [6.45, 7) is 0. The van der Waals surface area contributed by atoms with Crippen LogP contribution in [0, 0.1) is 11.8 Å². The van der Waals surface area contributed by atoms with Gasteiger partial charge in [0.05, 0.1) is 18.7 Å². The molecule has 2 heterocycles. The highest BCUT2D eigenvalue weighted by Gasteiger charge is 2.39. The summed E-state index contributed by atoms with van der Waals surface area (Å²) in [4.78, 5) is 16.0. The van der Waals surface area contributed by atoms with Gasteiger partial charge >= 0.3 is 5.97 Å². The van der Waals surface area contributed by atoms with E-state index < -0.39 is 0 Å². The van der Waals surface area contributed by atoms with E-state index in [2.05, 4.69) is 20.6 Å². The van der Waals surface area contributed by atoms with Gasteiger partial charge in [0.25, 0.3) is 5.89 Å². The first-order chi connectivity index (χ1) is 11.2. The lowest BCUT2D eigenvalue weighted by Crippen LogP contribution is -2.30. The van der Waals surface area contributed by atoms with E-state index in [0.29, 0.717) is 11.8 Å². The first kappa shape index (κ1) is 14.8. The molecule has 2 aliphatic carbocycles. The van der Waals surface area contributed by atoms with Crippen molar-refractivity contribution in [2.24, 2.45) is 11.8 Å². The first-order valence-electron chi connectivity index (χ1n) is 8.09. The Morgan fingerprint density at radius 2 is 2.22 bits per heavy atom. The number of aromatic nitrogens is 3. The summed E-state index contributed by atoms with van der Waals surface area (Å²) in [6.07, 6.45) is 6.49. The Balaban J connectivity index is 1.39. The topological polar surface area (TPSA) is 78.1 Å². The summed E-state index contributed by atoms with van der Waals surface area (Å²) in [7, 11) is 1.42. The zero-order valence-electron chi connectivity index (χ0n) is 13.0. The number of hydrogen-bond acceptors (Lipinski definition) is 7. The zero-order chi connectivity index (χ0) is 15.8. The summed E-state index contributed by atoms with van der Waals surface area (Å²) in [5.74, 6) is 1.88. The third-order valence-electron chi connectivity index (χ3n) is 4.92. The van der Waals surface area contributed by atoms with Gasteiger partial charge in [-0.3, -0.25) is 4.79 Å². The number of thiazole rings is 1. The van der Waals surface area contributed by atoms with Gasteiger partial charge in [0.1, 0.15) is 0 Å². The molecular formula is C16H19N3O3S. The lowest BCUT2D eigenvalue weighted by atomic mass is 9.75. The molecule has 0 atom stereocenters. The van der Waals surface area contributed by atoms with Crippen LogP contribution in [0.5, 0.6) is 0 Å². The van der Waals surface area contributed by atoms with Crippen LogP contribution in [-0.2, 0) is 16.0 Å². The van der Waals surface area contributed by atoms with Gasteiger partial charge in [-0.1, -0.05) is 19.3 Å². The third kappa shape index (κ3) is 2.89. The Hall–Kier alpha value is -1.76. The number of carbonyl (C=O) groups excluding carboxylic acids is 1. The Labute approximate surface area is 138 Å². The Morgan fingerprint density at radius 3 is 2.91 bits per heavy atom. The molecule has 23 heavy (non-hydrogen) atoms. The van der Waals surface area contributed by atoms with Gasteiger partial charge in [0.15, 0.2) is 5.01 Å². The molecule has 0 amide bonds. The molecule has 0 saturated heterocycles. The van der Waals surface area contributed by atoms with E-state index in [4.69, 9.17) is 9.15 Å². The van der Waals surface area contributed by atoms with Crippen LogP contribution in [0.2, 0.25) is 0 Å². The van der Waals surface area contributed by atoms with E-state index >= 15 is 0 Å². The Bertz CT molecular complexity index is 701. The van der Waals surface area contributed by atoms with Crippen molar-refractivity contribution in [3.8, 4) is 10.9 Å². The monoisotopic (exact) mass is 333 g/mol. The van der Waals surface area contributed by atoms with Gasteiger partial charge in [-0.2, -0.15) is 0 Å². The highest BCUT2D eigenvalue weighted by atomic mass is 32.1. The summed E-state index contributed by atoms with van der Waals surface area (Å²) in [5, 5.41) is 11.1. The number of methoxy groups -OCH3 is 1. The molecule has 2 aromatic heterocycles. The molecule has 2 aromatic rings. The SMILES string of the molecule is COC(=O)C1CC(c2nnc(-c3nc(CC4CCC4)cs3)o2)C1. The fraction of sp³-hybridized carbons (Fsp3) is 0.625. The van der Waals surface area contributed by atoms with Gasteiger partial charge in [-0.15, -0.1) is 21.5 Å². The van der Waals surface area contributed by atoms with E-state index in [9.17, 15) is 4.79 Å². The Kier molecular flexibility index (Phi) is 3.88. The second kappa shape index (κ2) is 6.03. The van der Waals surface area contributed by atoms with Crippen LogP contribution < -0.4 is 0 Å². The highest BCUT2D eigenvalue weighted by molar-refractivity contribution is 7.13. The molecule has 2 fully saturated rings. The van der Waals surface area contributed by atoms with Gasteiger partial charge in [0.2, 0.25) is 5.89 Å². The normalized spacial score (nSPS) is 24.0. The summed E-state index contributed by atoms with van der Waals surface area (Å²) >= 11 is 1.56. The molecular weight excluding hydrogens is 314 g/mol. The van der Waals surface area contributed by atoms with E-state index in [-0.39, 0.29) is 17.8 Å². The number of hydrogen-bond donors (Lipinski definition) is 0. The van der Waals surface area contributed by atoms with E-state index in [0.717, 1.165) is 35.9 Å². The van der Waals surface area contributed by atoms with Gasteiger partial charge in [-0.25, -0.2) is 4.98 Å². The van der Waals surface area contributed by atoms with Crippen molar-refractivity contribution in [1.82, 2.24) is 15.2 Å². The molecule has 0 aliphatic heterocycles. The summed E-state index contributed by atoms with van der Waals surface area (Å²) in [5.41, 5.74) is 1.13. The van der Waals surface area contributed by atoms with Crippen LogP contribution in [0.15, 0.2) is 9.80 Å². The minimum atomic E-state index is -0.151. The van der Waals surface area contributed by atoms with Crippen LogP contribution in [0.1, 0.15) is 49.6 Å². The molecule has 4 rings (SSSR count). The van der Waals surface area contributed by atoms with Gasteiger partial charge < -0.3 is 9.15 Å². The quantitative estimate of drug-likeness (QED) is 0.782. The molecule has 0 aromatic carbocycles. The average Bonchev–Trinajstić information content (AvgIpc) is 3.10. The smallest absolute Gasteiger partial charge is 0.308 e. The minimum Gasteiger partial charge on any atom is -0.469 e. The van der Waals surface area contributed by atoms with Crippen molar-refractivity contribution in [2.45, 2.75) is 44.4 Å². The standard InChI is InChI=1S/C16H19N3O3S/c1-21-16(20)11-6-10(7-11)13-18-19-14(22-13)15-17-12(8-23-15)5-9-3-2-4-9/h8-11H,2-7H2,1H3. The molecule has 6 nitrogen and oxygen atoms in total. The average molecular weight is 333 g/mol. The summed E-state index contributed by atoms with van der Waals surface area (Å²) < 4.78 is 10.5. The second-order valence-corrected chi connectivity index (χ2v) is 7.34. The summed E-state index contributed by atoms with van der Waals surface area (Å²) in [6, 6.07) is 0. The van der Waals surface area contributed by atoms with Crippen molar-refractivity contribution in [2.75, 3.05) is 7.11 Å². The van der Waals surface area contributed by atoms with Gasteiger partial charge in [0, 0.05) is 11.3 Å². The molecule has 0 radical (unpaired) electrons. The Morgan fingerprint density at radius 1 is 1.39 bits per heavy atom. The molecule has 2 aliphatic rings. The highest BCUT2D eigenvalue weighted by Crippen LogP contribution is 2.42. The lowest BCUT2D eigenvalue weighted by molar-refractivity contribution is -0.149. The van der Waals surface area contributed by atoms with E-state index in [1.54, 1.807) is 11.3 Å². The maximum Gasteiger partial charge on any atom is 0.308 e. The van der Waals surface area contributed by atoms with E-state index in [1.807, 2.05) is 0 Å². The van der Waals surface area contributed by atoms with E-state index in [1.165, 1.54) is 26.4 Å². The number of esters is 1. The van der Waals surface area contributed by atoms with Crippen LogP contribution >= 0.6 is 11.3 Å². The number of nitrogens with zero attached hydrogens (tertiary/aromatic N) is 3. The fourth-order valence-electron chi connectivity index (χ4n) is 3.16. The zero-order valence-corrected chi connectivity index (χ0v) is 13.8. The van der Waals surface area contributed by atoms with Crippen molar-refractivity contribution in [3.05, 3.63) is 17.0 Å². The van der Waals surface area contributed by atoms with Crippen LogP contribution in [0.3, 0.4) is 0 Å². The fourth-order valence-corrected chi connectivity index (χ4v) is 3.91. The molecule has 7 heteroatoms. The number of rotatable bonds is 5. The van der Waals surface area contributed by atoms with Crippen molar-refractivity contribution in [1.29, 1.82) is 0 Å². The first-order valence-corrected chi connectivity index (χ1v) is 8.97. The second-order valence-electron chi connectivity index (χ2n) is 6.48. The van der Waals surface area contributed by atoms with Gasteiger partial charge in [-0.05, 0) is 25.2 Å². The predicted octanol–water partition coefficient (Wildman–Crippen LogP) is 3.20. The van der Waals surface area contributed by atoms with Crippen LogP contribution in [0.4, 0.5) is 0 Å². The molecule has 122 valence electrons. The largest absolute Gasteiger partial charge is 0.469 e.